The van der Waals surface area contributed by atoms with Crippen molar-refractivity contribution in [1.29, 1.82) is 0 Å². The van der Waals surface area contributed by atoms with E-state index in [9.17, 15) is 0 Å². The molecule has 1 fully saturated rings. The lowest BCUT2D eigenvalue weighted by molar-refractivity contribution is 0.0532. The molecule has 82 valence electrons. The van der Waals surface area contributed by atoms with Gasteiger partial charge in [0, 0.05) is 18.8 Å². The van der Waals surface area contributed by atoms with Crippen LogP contribution in [0, 0.1) is 0 Å². The zero-order valence-electron chi connectivity index (χ0n) is 8.94. The van der Waals surface area contributed by atoms with Crippen LogP contribution in [0.4, 0.5) is 17.1 Å². The fourth-order valence-electron chi connectivity index (χ4n) is 1.81. The number of rotatable bonds is 1. The van der Waals surface area contributed by atoms with Crippen molar-refractivity contribution in [2.75, 3.05) is 36.1 Å². The van der Waals surface area contributed by atoms with E-state index < -0.39 is 0 Å². The molecule has 1 aliphatic rings. The molecule has 0 aliphatic carbocycles. The lowest BCUT2D eigenvalue weighted by atomic mass is 10.2. The van der Waals surface area contributed by atoms with E-state index in [-0.39, 0.29) is 6.10 Å². The number of morpholine rings is 1. The number of benzene rings is 1. The Bertz CT molecular complexity index is 354. The molecular weight excluding hydrogens is 190 g/mol. The summed E-state index contributed by atoms with van der Waals surface area (Å²) in [5.74, 6) is 0. The molecule has 1 unspecified atom stereocenters. The molecule has 0 spiro atoms. The molecule has 0 bridgehead atoms. The minimum atomic E-state index is 0.275. The van der Waals surface area contributed by atoms with Gasteiger partial charge in [-0.25, -0.2) is 0 Å². The van der Waals surface area contributed by atoms with E-state index >= 15 is 0 Å². The van der Waals surface area contributed by atoms with E-state index in [0.717, 1.165) is 25.4 Å². The molecule has 1 atom stereocenters. The van der Waals surface area contributed by atoms with Crippen molar-refractivity contribution < 1.29 is 4.74 Å². The van der Waals surface area contributed by atoms with Crippen LogP contribution in [0.15, 0.2) is 18.2 Å². The highest BCUT2D eigenvalue weighted by molar-refractivity contribution is 5.69. The zero-order chi connectivity index (χ0) is 10.8. The van der Waals surface area contributed by atoms with Crippen molar-refractivity contribution in [2.45, 2.75) is 13.0 Å². The van der Waals surface area contributed by atoms with Crippen LogP contribution in [0.1, 0.15) is 6.92 Å². The first-order valence-corrected chi connectivity index (χ1v) is 5.18. The van der Waals surface area contributed by atoms with Crippen LogP contribution in [-0.2, 0) is 4.74 Å². The second-order valence-electron chi connectivity index (χ2n) is 3.94. The molecule has 1 aromatic carbocycles. The third-order valence-corrected chi connectivity index (χ3v) is 2.68. The first kappa shape index (κ1) is 10.1. The van der Waals surface area contributed by atoms with E-state index in [1.54, 1.807) is 0 Å². The number of nitrogens with two attached hydrogens (primary N) is 2. The van der Waals surface area contributed by atoms with Gasteiger partial charge in [0.1, 0.15) is 0 Å². The van der Waals surface area contributed by atoms with Crippen LogP contribution >= 0.6 is 0 Å². The second kappa shape index (κ2) is 3.98. The van der Waals surface area contributed by atoms with Gasteiger partial charge in [-0.1, -0.05) is 0 Å². The maximum atomic E-state index is 5.78. The smallest absolute Gasteiger partial charge is 0.0722 e. The van der Waals surface area contributed by atoms with Crippen LogP contribution in [0.3, 0.4) is 0 Å². The van der Waals surface area contributed by atoms with Gasteiger partial charge in [-0.15, -0.1) is 0 Å². The molecule has 1 aliphatic heterocycles. The highest BCUT2D eigenvalue weighted by Gasteiger charge is 2.17. The maximum absolute atomic E-state index is 5.78. The standard InChI is InChI=1S/C11H17N3O/c1-8-7-14(4-5-15-8)9-2-3-10(12)11(13)6-9/h2-3,6,8H,4-5,7,12-13H2,1H3. The topological polar surface area (TPSA) is 64.5 Å². The Kier molecular flexibility index (Phi) is 2.68. The highest BCUT2D eigenvalue weighted by Crippen LogP contribution is 2.24. The molecule has 15 heavy (non-hydrogen) atoms. The summed E-state index contributed by atoms with van der Waals surface area (Å²) in [6.07, 6.45) is 0.275. The Hall–Kier alpha value is -1.42. The molecule has 0 aromatic heterocycles. The first-order valence-electron chi connectivity index (χ1n) is 5.18. The van der Waals surface area contributed by atoms with Crippen LogP contribution < -0.4 is 16.4 Å². The van der Waals surface area contributed by atoms with Gasteiger partial charge in [0.25, 0.3) is 0 Å². The normalized spacial score (nSPS) is 21.7. The van der Waals surface area contributed by atoms with Gasteiger partial charge in [-0.2, -0.15) is 0 Å². The summed E-state index contributed by atoms with van der Waals surface area (Å²) in [4.78, 5) is 2.27. The van der Waals surface area contributed by atoms with Crippen molar-refractivity contribution >= 4 is 17.1 Å². The largest absolute Gasteiger partial charge is 0.397 e. The molecule has 4 N–H and O–H groups in total. The van der Waals surface area contributed by atoms with Gasteiger partial charge >= 0.3 is 0 Å². The van der Waals surface area contributed by atoms with Gasteiger partial charge in [-0.05, 0) is 25.1 Å². The molecule has 4 heteroatoms. The predicted octanol–water partition coefficient (Wildman–Crippen LogP) is 1.08. The highest BCUT2D eigenvalue weighted by atomic mass is 16.5. The van der Waals surface area contributed by atoms with E-state index in [2.05, 4.69) is 11.8 Å². The Morgan fingerprint density at radius 3 is 2.80 bits per heavy atom. The summed E-state index contributed by atoms with van der Waals surface area (Å²) in [5.41, 5.74) is 13.9. The minimum Gasteiger partial charge on any atom is -0.397 e. The number of hydrogen-bond donors (Lipinski definition) is 2. The Morgan fingerprint density at radius 1 is 1.33 bits per heavy atom. The zero-order valence-corrected chi connectivity index (χ0v) is 8.94. The van der Waals surface area contributed by atoms with Crippen molar-refractivity contribution in [2.24, 2.45) is 0 Å². The van der Waals surface area contributed by atoms with Gasteiger partial charge in [0.15, 0.2) is 0 Å². The van der Waals surface area contributed by atoms with Gasteiger partial charge in [0.2, 0.25) is 0 Å². The first-order chi connectivity index (χ1) is 7.16. The van der Waals surface area contributed by atoms with Gasteiger partial charge in [-0.3, -0.25) is 0 Å². The SMILES string of the molecule is CC1CN(c2ccc(N)c(N)c2)CCO1. The Labute approximate surface area is 89.8 Å². The lowest BCUT2D eigenvalue weighted by Crippen LogP contribution is -2.41. The van der Waals surface area contributed by atoms with Crippen molar-refractivity contribution in [3.05, 3.63) is 18.2 Å². The molecule has 1 aromatic rings. The van der Waals surface area contributed by atoms with E-state index in [4.69, 9.17) is 16.2 Å². The third-order valence-electron chi connectivity index (χ3n) is 2.68. The maximum Gasteiger partial charge on any atom is 0.0722 e. The molecule has 0 saturated carbocycles. The van der Waals surface area contributed by atoms with Crippen molar-refractivity contribution in [3.8, 4) is 0 Å². The predicted molar refractivity (Wildman–Crippen MR) is 62.9 cm³/mol. The number of hydrogen-bond acceptors (Lipinski definition) is 4. The van der Waals surface area contributed by atoms with Gasteiger partial charge < -0.3 is 21.1 Å². The second-order valence-corrected chi connectivity index (χ2v) is 3.94. The molecule has 1 heterocycles. The third kappa shape index (κ3) is 2.15. The van der Waals surface area contributed by atoms with E-state index in [1.807, 2.05) is 18.2 Å². The van der Waals surface area contributed by atoms with E-state index in [0.29, 0.717) is 11.4 Å². The van der Waals surface area contributed by atoms with Crippen LogP contribution in [0.5, 0.6) is 0 Å². The quantitative estimate of drug-likeness (QED) is 0.676. The van der Waals surface area contributed by atoms with Crippen molar-refractivity contribution in [1.82, 2.24) is 0 Å². The minimum absolute atomic E-state index is 0.275. The molecular formula is C11H17N3O. The van der Waals surface area contributed by atoms with Crippen LogP contribution in [0.25, 0.3) is 0 Å². The van der Waals surface area contributed by atoms with Crippen molar-refractivity contribution in [3.63, 3.8) is 0 Å². The molecule has 4 nitrogen and oxygen atoms in total. The Morgan fingerprint density at radius 2 is 2.13 bits per heavy atom. The van der Waals surface area contributed by atoms with E-state index in [1.165, 1.54) is 0 Å². The molecule has 2 rings (SSSR count). The van der Waals surface area contributed by atoms with Crippen LogP contribution in [-0.4, -0.2) is 25.8 Å². The summed E-state index contributed by atoms with van der Waals surface area (Å²) in [5, 5.41) is 0. The monoisotopic (exact) mass is 207 g/mol. The summed E-state index contributed by atoms with van der Waals surface area (Å²) >= 11 is 0. The Balaban J connectivity index is 2.18. The fraction of sp³-hybridized carbons (Fsp3) is 0.455. The fourth-order valence-corrected chi connectivity index (χ4v) is 1.81. The average Bonchev–Trinajstić information content (AvgIpc) is 2.22. The summed E-state index contributed by atoms with van der Waals surface area (Å²) in [6, 6.07) is 5.78. The number of nitrogens with zero attached hydrogens (tertiary/aromatic N) is 1. The average molecular weight is 207 g/mol. The lowest BCUT2D eigenvalue weighted by Gasteiger charge is -2.33. The number of ether oxygens (including phenoxy) is 1. The number of anilines is 3. The summed E-state index contributed by atoms with van der Waals surface area (Å²) in [6.45, 7) is 4.66. The number of nitrogen functional groups attached to an aromatic ring is 2. The summed E-state index contributed by atoms with van der Waals surface area (Å²) in [7, 11) is 0. The molecule has 0 radical (unpaired) electrons. The summed E-state index contributed by atoms with van der Waals surface area (Å²) < 4.78 is 5.49. The van der Waals surface area contributed by atoms with Gasteiger partial charge in [0.05, 0.1) is 24.1 Å². The molecule has 1 saturated heterocycles. The molecule has 0 amide bonds. The van der Waals surface area contributed by atoms with Crippen LogP contribution in [0.2, 0.25) is 0 Å².